The van der Waals surface area contributed by atoms with Gasteiger partial charge in [0, 0.05) is 12.6 Å². The maximum absolute atomic E-state index is 12.6. The van der Waals surface area contributed by atoms with E-state index in [1.165, 1.54) is 6.08 Å². The molecule has 2 aromatic carbocycles. The van der Waals surface area contributed by atoms with Crippen LogP contribution in [0.15, 0.2) is 60.7 Å². The van der Waals surface area contributed by atoms with Crippen LogP contribution in [-0.4, -0.2) is 22.2 Å². The van der Waals surface area contributed by atoms with Gasteiger partial charge in [0.15, 0.2) is 0 Å². The number of hydrogen-bond donors (Lipinski definition) is 4. The number of hydroxylamine groups is 1. The summed E-state index contributed by atoms with van der Waals surface area (Å²) >= 11 is 0. The molecule has 0 aliphatic heterocycles. The average Bonchev–Trinajstić information content (AvgIpc) is 3.28. The van der Waals surface area contributed by atoms with E-state index >= 15 is 0 Å². The number of carbonyl (C=O) groups is 2. The van der Waals surface area contributed by atoms with Gasteiger partial charge in [-0.1, -0.05) is 67.4 Å². The molecular formula is C23H26N2O4. The summed E-state index contributed by atoms with van der Waals surface area (Å²) in [7, 11) is 0. The molecule has 29 heavy (non-hydrogen) atoms. The molecule has 6 nitrogen and oxygen atoms in total. The minimum absolute atomic E-state index is 0.0266. The summed E-state index contributed by atoms with van der Waals surface area (Å²) in [6, 6.07) is 16.9. The molecule has 1 saturated carbocycles. The second-order valence-electron chi connectivity index (χ2n) is 7.37. The molecule has 0 radical (unpaired) electrons. The van der Waals surface area contributed by atoms with Gasteiger partial charge in [0.25, 0.3) is 5.91 Å². The molecule has 1 atom stereocenters. The number of nitrogens with one attached hydrogen (secondary N) is 2. The maximum atomic E-state index is 12.6. The van der Waals surface area contributed by atoms with Crippen LogP contribution in [0.25, 0.3) is 6.08 Å². The van der Waals surface area contributed by atoms with Gasteiger partial charge in [-0.15, -0.1) is 0 Å². The van der Waals surface area contributed by atoms with Crippen molar-refractivity contribution in [1.29, 1.82) is 0 Å². The van der Waals surface area contributed by atoms with E-state index in [-0.39, 0.29) is 5.92 Å². The largest absolute Gasteiger partial charge is 0.480 e. The Hall–Kier alpha value is -2.96. The van der Waals surface area contributed by atoms with Gasteiger partial charge >= 0.3 is 5.97 Å². The second kappa shape index (κ2) is 9.49. The summed E-state index contributed by atoms with van der Waals surface area (Å²) in [5.41, 5.74) is 2.89. The molecule has 0 bridgehead atoms. The fraction of sp³-hybridized carbons (Fsp3) is 0.304. The molecule has 0 spiro atoms. The van der Waals surface area contributed by atoms with E-state index in [0.29, 0.717) is 6.54 Å². The van der Waals surface area contributed by atoms with E-state index in [2.05, 4.69) is 5.32 Å². The first-order valence-electron chi connectivity index (χ1n) is 9.81. The predicted octanol–water partition coefficient (Wildman–Crippen LogP) is 3.47. The van der Waals surface area contributed by atoms with Crippen LogP contribution in [0, 0.1) is 5.92 Å². The lowest BCUT2D eigenvalue weighted by Crippen LogP contribution is -2.53. The standard InChI is InChI=1S/C23H26N2O4/c26-21(25-29)14-13-17-7-6-8-18(15-17)16-24-23(22(27)28,20-11-4-5-12-20)19-9-2-1-3-10-19/h1-3,6-10,13-15,20,24,29H,4-5,11-12,16H2,(H,25,26)(H,27,28)/t23-/m1/s1. The molecular weight excluding hydrogens is 368 g/mol. The van der Waals surface area contributed by atoms with Gasteiger partial charge in [0.2, 0.25) is 0 Å². The fourth-order valence-electron chi connectivity index (χ4n) is 4.17. The van der Waals surface area contributed by atoms with Crippen molar-refractivity contribution >= 4 is 18.0 Å². The van der Waals surface area contributed by atoms with Gasteiger partial charge in [-0.05, 0) is 41.5 Å². The zero-order valence-electron chi connectivity index (χ0n) is 16.2. The van der Waals surface area contributed by atoms with Crippen LogP contribution in [0.4, 0.5) is 0 Å². The first-order valence-corrected chi connectivity index (χ1v) is 9.81. The molecule has 152 valence electrons. The third-order valence-corrected chi connectivity index (χ3v) is 5.59. The third kappa shape index (κ3) is 4.72. The summed E-state index contributed by atoms with van der Waals surface area (Å²) in [6.45, 7) is 0.381. The highest BCUT2D eigenvalue weighted by Crippen LogP contribution is 2.41. The number of rotatable bonds is 8. The van der Waals surface area contributed by atoms with Crippen molar-refractivity contribution in [1.82, 2.24) is 10.8 Å². The molecule has 0 aromatic heterocycles. The average molecular weight is 394 g/mol. The van der Waals surface area contributed by atoms with Crippen LogP contribution in [0.1, 0.15) is 42.4 Å². The number of hydrogen-bond acceptors (Lipinski definition) is 4. The molecule has 6 heteroatoms. The van der Waals surface area contributed by atoms with Crippen molar-refractivity contribution in [2.45, 2.75) is 37.8 Å². The minimum atomic E-state index is -1.14. The summed E-state index contributed by atoms with van der Waals surface area (Å²) < 4.78 is 0. The highest BCUT2D eigenvalue weighted by molar-refractivity contribution is 5.90. The van der Waals surface area contributed by atoms with Crippen molar-refractivity contribution in [2.75, 3.05) is 0 Å². The van der Waals surface area contributed by atoms with Crippen LogP contribution in [0.3, 0.4) is 0 Å². The summed E-state index contributed by atoms with van der Waals surface area (Å²) in [6.07, 6.45) is 6.67. The summed E-state index contributed by atoms with van der Waals surface area (Å²) in [5.74, 6) is -1.44. The Labute approximate surface area is 170 Å². The van der Waals surface area contributed by atoms with Gasteiger partial charge in [-0.25, -0.2) is 10.3 Å². The topological polar surface area (TPSA) is 98.7 Å². The molecule has 0 unspecified atom stereocenters. The number of amides is 1. The quantitative estimate of drug-likeness (QED) is 0.312. The summed E-state index contributed by atoms with van der Waals surface area (Å²) in [4.78, 5) is 23.7. The van der Waals surface area contributed by atoms with Gasteiger partial charge < -0.3 is 5.11 Å². The lowest BCUT2D eigenvalue weighted by molar-refractivity contribution is -0.148. The summed E-state index contributed by atoms with van der Waals surface area (Å²) in [5, 5.41) is 22.3. The Morgan fingerprint density at radius 1 is 1.07 bits per heavy atom. The first-order chi connectivity index (χ1) is 14.1. The van der Waals surface area contributed by atoms with Crippen molar-refractivity contribution in [2.24, 2.45) is 5.92 Å². The van der Waals surface area contributed by atoms with Crippen molar-refractivity contribution in [3.63, 3.8) is 0 Å². The third-order valence-electron chi connectivity index (χ3n) is 5.59. The number of carboxylic acid groups (broad SMARTS) is 1. The zero-order valence-corrected chi connectivity index (χ0v) is 16.2. The van der Waals surface area contributed by atoms with Gasteiger partial charge in [-0.2, -0.15) is 0 Å². The lowest BCUT2D eigenvalue weighted by atomic mass is 9.76. The van der Waals surface area contributed by atoms with Gasteiger partial charge in [0.05, 0.1) is 0 Å². The molecule has 1 aliphatic rings. The lowest BCUT2D eigenvalue weighted by Gasteiger charge is -2.37. The van der Waals surface area contributed by atoms with Gasteiger partial charge in [0.1, 0.15) is 5.54 Å². The Kier molecular flexibility index (Phi) is 6.80. The molecule has 1 amide bonds. The van der Waals surface area contributed by atoms with Crippen molar-refractivity contribution in [3.05, 3.63) is 77.4 Å². The monoisotopic (exact) mass is 394 g/mol. The number of carboxylic acids is 1. The van der Waals surface area contributed by atoms with E-state index in [1.807, 2.05) is 54.6 Å². The van der Waals surface area contributed by atoms with E-state index in [4.69, 9.17) is 5.21 Å². The first kappa shape index (κ1) is 20.8. The Balaban J connectivity index is 1.87. The minimum Gasteiger partial charge on any atom is -0.480 e. The molecule has 4 N–H and O–H groups in total. The van der Waals surface area contributed by atoms with Crippen molar-refractivity contribution in [3.8, 4) is 0 Å². The Bertz CT molecular complexity index is 875. The van der Waals surface area contributed by atoms with Crippen LogP contribution in [-0.2, 0) is 21.7 Å². The molecule has 1 aliphatic carbocycles. The fourth-order valence-corrected chi connectivity index (χ4v) is 4.17. The normalized spacial score (nSPS) is 16.6. The number of benzene rings is 2. The van der Waals surface area contributed by atoms with Crippen LogP contribution in [0.2, 0.25) is 0 Å². The van der Waals surface area contributed by atoms with E-state index < -0.39 is 17.4 Å². The molecule has 2 aromatic rings. The second-order valence-corrected chi connectivity index (χ2v) is 7.37. The Morgan fingerprint density at radius 2 is 1.79 bits per heavy atom. The highest BCUT2D eigenvalue weighted by atomic mass is 16.5. The van der Waals surface area contributed by atoms with Crippen LogP contribution < -0.4 is 10.8 Å². The smallest absolute Gasteiger partial charge is 0.328 e. The molecule has 1 fully saturated rings. The predicted molar refractivity (Wildman–Crippen MR) is 110 cm³/mol. The van der Waals surface area contributed by atoms with Gasteiger partial charge in [-0.3, -0.25) is 15.3 Å². The number of carbonyl (C=O) groups excluding carboxylic acids is 1. The van der Waals surface area contributed by atoms with Crippen LogP contribution >= 0.6 is 0 Å². The SMILES string of the molecule is O=C(C=Cc1cccc(CN[C@](C(=O)O)(c2ccccc2)C2CCCC2)c1)NO. The zero-order chi connectivity index (χ0) is 20.7. The highest BCUT2D eigenvalue weighted by Gasteiger charge is 2.47. The molecule has 0 heterocycles. The van der Waals surface area contributed by atoms with E-state index in [9.17, 15) is 14.7 Å². The van der Waals surface area contributed by atoms with Crippen molar-refractivity contribution < 1.29 is 19.9 Å². The van der Waals surface area contributed by atoms with Crippen LogP contribution in [0.5, 0.6) is 0 Å². The molecule has 3 rings (SSSR count). The van der Waals surface area contributed by atoms with E-state index in [0.717, 1.165) is 42.4 Å². The maximum Gasteiger partial charge on any atom is 0.328 e. The Morgan fingerprint density at radius 3 is 2.45 bits per heavy atom. The number of aliphatic carboxylic acids is 1. The van der Waals surface area contributed by atoms with E-state index in [1.54, 1.807) is 11.6 Å². The molecule has 0 saturated heterocycles.